The second-order valence-corrected chi connectivity index (χ2v) is 10.4. The number of benzene rings is 3. The molecule has 224 valence electrons. The van der Waals surface area contributed by atoms with Crippen molar-refractivity contribution in [1.29, 1.82) is 0 Å². The molecule has 0 bridgehead atoms. The predicted octanol–water partition coefficient (Wildman–Crippen LogP) is 3.33. The first-order chi connectivity index (χ1) is 21.0. The molecule has 4 aromatic rings. The Labute approximate surface area is 248 Å². The van der Waals surface area contributed by atoms with Crippen molar-refractivity contribution in [1.82, 2.24) is 25.2 Å². The van der Waals surface area contributed by atoms with E-state index in [1.54, 1.807) is 31.2 Å². The molecule has 2 aliphatic rings. The second-order valence-electron chi connectivity index (χ2n) is 10.4. The van der Waals surface area contributed by atoms with Crippen molar-refractivity contribution < 1.29 is 33.6 Å². The topological polar surface area (TPSA) is 137 Å². The molecule has 12 heteroatoms. The van der Waals surface area contributed by atoms with Crippen LogP contribution in [0.5, 0.6) is 23.0 Å². The molecule has 0 saturated carbocycles. The number of ether oxygens (including phenoxy) is 4. The molecule has 0 spiro atoms. The second kappa shape index (κ2) is 12.6. The van der Waals surface area contributed by atoms with Gasteiger partial charge in [-0.15, -0.1) is 5.10 Å². The summed E-state index contributed by atoms with van der Waals surface area (Å²) in [4.78, 5) is 29.8. The first-order valence-electron chi connectivity index (χ1n) is 14.3. The number of rotatable bonds is 11. The zero-order valence-corrected chi connectivity index (χ0v) is 23.8. The molecule has 2 N–H and O–H groups in total. The third-order valence-electron chi connectivity index (χ3n) is 7.50. The van der Waals surface area contributed by atoms with Crippen molar-refractivity contribution >= 4 is 22.8 Å². The minimum absolute atomic E-state index is 0.0631. The number of nitrogens with zero attached hydrogens (tertiary/aromatic N) is 4. The number of hydrogen-bond donors (Lipinski definition) is 2. The van der Waals surface area contributed by atoms with Gasteiger partial charge in [-0.3, -0.25) is 9.59 Å². The Morgan fingerprint density at radius 2 is 2.00 bits per heavy atom. The van der Waals surface area contributed by atoms with Crippen LogP contribution in [0.1, 0.15) is 36.9 Å². The van der Waals surface area contributed by atoms with Crippen molar-refractivity contribution in [2.75, 3.05) is 26.6 Å². The molecular formula is C31H33N5O7. The number of nitrogens with one attached hydrogen (secondary N) is 1. The average Bonchev–Trinajstić information content (AvgIpc) is 3.79. The minimum atomic E-state index is -1.08. The van der Waals surface area contributed by atoms with Crippen LogP contribution in [-0.4, -0.2) is 69.5 Å². The van der Waals surface area contributed by atoms with Gasteiger partial charge in [-0.05, 0) is 67.3 Å². The summed E-state index contributed by atoms with van der Waals surface area (Å²) in [7, 11) is 0. The molecule has 0 aliphatic carbocycles. The monoisotopic (exact) mass is 587 g/mol. The van der Waals surface area contributed by atoms with Crippen molar-refractivity contribution in [3.05, 3.63) is 71.8 Å². The fraction of sp³-hybridized carbons (Fsp3) is 0.355. The number of para-hydroxylation sites is 1. The van der Waals surface area contributed by atoms with Gasteiger partial charge >= 0.3 is 0 Å². The van der Waals surface area contributed by atoms with E-state index in [9.17, 15) is 14.7 Å². The molecule has 1 saturated heterocycles. The van der Waals surface area contributed by atoms with Gasteiger partial charge in [-0.2, -0.15) is 0 Å². The number of aromatic hydroxyl groups is 1. The Balaban J connectivity index is 1.38. The van der Waals surface area contributed by atoms with Crippen LogP contribution in [0.25, 0.3) is 11.0 Å². The molecular weight excluding hydrogens is 554 g/mol. The summed E-state index contributed by atoms with van der Waals surface area (Å²) in [6, 6.07) is 16.4. The molecule has 43 heavy (non-hydrogen) atoms. The summed E-state index contributed by atoms with van der Waals surface area (Å²) in [6.07, 6.45) is 1.68. The van der Waals surface area contributed by atoms with Crippen LogP contribution >= 0.6 is 0 Å². The third kappa shape index (κ3) is 6.19. The molecule has 1 aromatic heterocycles. The van der Waals surface area contributed by atoms with Crippen LogP contribution in [0.15, 0.2) is 60.7 Å². The van der Waals surface area contributed by atoms with Gasteiger partial charge in [0.25, 0.3) is 0 Å². The van der Waals surface area contributed by atoms with Gasteiger partial charge in [0.15, 0.2) is 23.0 Å². The average molecular weight is 588 g/mol. The van der Waals surface area contributed by atoms with Crippen LogP contribution < -0.4 is 19.5 Å². The van der Waals surface area contributed by atoms with Gasteiger partial charge in [0.2, 0.25) is 18.6 Å². The van der Waals surface area contributed by atoms with Crippen LogP contribution in [0.4, 0.5) is 0 Å². The normalized spacial score (nSPS) is 16.3. The predicted molar refractivity (Wildman–Crippen MR) is 155 cm³/mol. The van der Waals surface area contributed by atoms with E-state index < -0.39 is 6.04 Å². The SMILES string of the molecule is CCOc1cc([C@@H](C(=O)NC[C@@H]2CCCO2)N(Cc2ccc3c(c2)OCO3)C(=O)Cn2nnc3ccccc32)ccc1O. The summed E-state index contributed by atoms with van der Waals surface area (Å²) in [6.45, 7) is 3.11. The van der Waals surface area contributed by atoms with Gasteiger partial charge < -0.3 is 34.3 Å². The van der Waals surface area contributed by atoms with Gasteiger partial charge in [0, 0.05) is 19.7 Å². The molecule has 12 nitrogen and oxygen atoms in total. The summed E-state index contributed by atoms with van der Waals surface area (Å²) >= 11 is 0. The van der Waals surface area contributed by atoms with Gasteiger partial charge in [-0.25, -0.2) is 4.68 Å². The highest BCUT2D eigenvalue weighted by atomic mass is 16.7. The van der Waals surface area contributed by atoms with Crippen LogP contribution in [-0.2, 0) is 27.4 Å². The van der Waals surface area contributed by atoms with Crippen molar-refractivity contribution in [3.63, 3.8) is 0 Å². The lowest BCUT2D eigenvalue weighted by molar-refractivity contribution is -0.142. The van der Waals surface area contributed by atoms with E-state index in [1.807, 2.05) is 30.3 Å². The number of aromatic nitrogens is 3. The molecule has 3 aromatic carbocycles. The maximum absolute atomic E-state index is 14.2. The number of amides is 2. The number of carbonyl (C=O) groups is 2. The largest absolute Gasteiger partial charge is 0.504 e. The fourth-order valence-electron chi connectivity index (χ4n) is 5.37. The molecule has 1 fully saturated rings. The number of fused-ring (bicyclic) bond motifs is 2. The summed E-state index contributed by atoms with van der Waals surface area (Å²) in [5.41, 5.74) is 2.57. The lowest BCUT2D eigenvalue weighted by Gasteiger charge is -2.32. The number of carbonyl (C=O) groups excluding carboxylic acids is 2. The van der Waals surface area contributed by atoms with E-state index in [0.29, 0.717) is 47.9 Å². The molecule has 3 heterocycles. The van der Waals surface area contributed by atoms with E-state index in [4.69, 9.17) is 18.9 Å². The van der Waals surface area contributed by atoms with Gasteiger partial charge in [-0.1, -0.05) is 29.5 Å². The quantitative estimate of drug-likeness (QED) is 0.271. The highest BCUT2D eigenvalue weighted by Crippen LogP contribution is 2.36. The third-order valence-corrected chi connectivity index (χ3v) is 7.50. The van der Waals surface area contributed by atoms with Crippen LogP contribution in [0.2, 0.25) is 0 Å². The molecule has 0 unspecified atom stereocenters. The number of hydrogen-bond acceptors (Lipinski definition) is 9. The molecule has 2 atom stereocenters. The first-order valence-corrected chi connectivity index (χ1v) is 14.3. The summed E-state index contributed by atoms with van der Waals surface area (Å²) in [5, 5.41) is 21.8. The Kier molecular flexibility index (Phi) is 8.27. The van der Waals surface area contributed by atoms with Gasteiger partial charge in [0.05, 0.1) is 18.2 Å². The molecule has 0 radical (unpaired) electrons. The Bertz CT molecular complexity index is 1620. The Morgan fingerprint density at radius 3 is 2.84 bits per heavy atom. The first kappa shape index (κ1) is 28.3. The smallest absolute Gasteiger partial charge is 0.247 e. The van der Waals surface area contributed by atoms with Crippen molar-refractivity contribution in [2.45, 2.75) is 45.0 Å². The summed E-state index contributed by atoms with van der Waals surface area (Å²) in [5.74, 6) is 0.579. The zero-order valence-electron chi connectivity index (χ0n) is 23.8. The highest BCUT2D eigenvalue weighted by Gasteiger charge is 2.34. The number of phenolic OH excluding ortho intramolecular Hbond substituents is 1. The lowest BCUT2D eigenvalue weighted by Crippen LogP contribution is -2.46. The highest BCUT2D eigenvalue weighted by molar-refractivity contribution is 5.89. The van der Waals surface area contributed by atoms with Crippen molar-refractivity contribution in [2.24, 2.45) is 0 Å². The van der Waals surface area contributed by atoms with Gasteiger partial charge in [0.1, 0.15) is 18.1 Å². The minimum Gasteiger partial charge on any atom is -0.504 e. The number of phenols is 1. The maximum Gasteiger partial charge on any atom is 0.247 e. The Morgan fingerprint density at radius 1 is 1.14 bits per heavy atom. The van der Waals surface area contributed by atoms with Crippen LogP contribution in [0, 0.1) is 0 Å². The van der Waals surface area contributed by atoms with Crippen molar-refractivity contribution in [3.8, 4) is 23.0 Å². The van der Waals surface area contributed by atoms with E-state index in [2.05, 4.69) is 15.6 Å². The fourth-order valence-corrected chi connectivity index (χ4v) is 5.37. The molecule has 6 rings (SSSR count). The molecule has 2 aliphatic heterocycles. The van der Waals surface area contributed by atoms with E-state index in [1.165, 1.54) is 15.6 Å². The van der Waals surface area contributed by atoms with E-state index in [0.717, 1.165) is 18.4 Å². The molecule has 2 amide bonds. The van der Waals surface area contributed by atoms with E-state index in [-0.39, 0.29) is 49.3 Å². The summed E-state index contributed by atoms with van der Waals surface area (Å²) < 4.78 is 23.9. The van der Waals surface area contributed by atoms with E-state index >= 15 is 0 Å². The standard InChI is InChI=1S/C31H33N5O7/c1-2-40-27-15-21(10-11-25(27)37)30(31(39)32-16-22-6-5-13-41-22)35(17-20-9-12-26-28(14-20)43-19-42-26)29(38)18-36-24-8-4-3-7-23(24)33-34-36/h3-4,7-12,14-15,22,30,37H,2,5-6,13,16-19H2,1H3,(H,32,39)/t22-,30-/m0/s1. The van der Waals surface area contributed by atoms with Crippen LogP contribution in [0.3, 0.4) is 0 Å². The maximum atomic E-state index is 14.2. The Hall–Kier alpha value is -4.84. The zero-order chi connectivity index (χ0) is 29.8. The lowest BCUT2D eigenvalue weighted by atomic mass is 10.0.